The summed E-state index contributed by atoms with van der Waals surface area (Å²) in [5.74, 6) is -0.399. The lowest BCUT2D eigenvalue weighted by Gasteiger charge is -1.97. The third-order valence-electron chi connectivity index (χ3n) is 0.965. The Labute approximate surface area is 61.8 Å². The van der Waals surface area contributed by atoms with E-state index in [2.05, 4.69) is 4.74 Å². The van der Waals surface area contributed by atoms with Gasteiger partial charge in [-0.15, -0.1) is 0 Å². The van der Waals surface area contributed by atoms with Crippen LogP contribution in [0.3, 0.4) is 0 Å². The Bertz CT molecular complexity index is 135. The second-order valence-electron chi connectivity index (χ2n) is 2.07. The zero-order valence-corrected chi connectivity index (χ0v) is 6.35. The summed E-state index contributed by atoms with van der Waals surface area (Å²) in [6.45, 7) is 1.22. The molecular formula is C5H10B2O3. The summed E-state index contributed by atoms with van der Waals surface area (Å²) >= 11 is 0. The Morgan fingerprint density at radius 1 is 1.60 bits per heavy atom. The SMILES string of the molecule is BCBC(=O)COC(C)=O. The van der Waals surface area contributed by atoms with Crippen molar-refractivity contribution in [1.82, 2.24) is 0 Å². The molecule has 0 aromatic carbocycles. The molecule has 5 heteroatoms. The van der Waals surface area contributed by atoms with Crippen LogP contribution in [0.15, 0.2) is 0 Å². The second kappa shape index (κ2) is 5.09. The van der Waals surface area contributed by atoms with E-state index >= 15 is 0 Å². The minimum atomic E-state index is -0.399. The molecule has 10 heavy (non-hydrogen) atoms. The van der Waals surface area contributed by atoms with Gasteiger partial charge in [0.2, 0.25) is 7.28 Å². The molecule has 54 valence electrons. The molecule has 0 amide bonds. The molecule has 0 saturated heterocycles. The van der Waals surface area contributed by atoms with Crippen molar-refractivity contribution in [3.8, 4) is 0 Å². The fourth-order valence-corrected chi connectivity index (χ4v) is 0.533. The van der Waals surface area contributed by atoms with Gasteiger partial charge in [-0.05, 0) is 0 Å². The predicted molar refractivity (Wildman–Crippen MR) is 42.1 cm³/mol. The minimum Gasteiger partial charge on any atom is -0.459 e. The maximum absolute atomic E-state index is 10.7. The van der Waals surface area contributed by atoms with Gasteiger partial charge >= 0.3 is 5.97 Å². The van der Waals surface area contributed by atoms with E-state index in [4.69, 9.17) is 0 Å². The van der Waals surface area contributed by atoms with Crippen LogP contribution in [0.25, 0.3) is 0 Å². The van der Waals surface area contributed by atoms with Gasteiger partial charge in [-0.1, -0.05) is 6.22 Å². The van der Waals surface area contributed by atoms with Crippen LogP contribution in [0, 0.1) is 0 Å². The van der Waals surface area contributed by atoms with E-state index in [1.165, 1.54) is 6.92 Å². The van der Waals surface area contributed by atoms with Gasteiger partial charge < -0.3 is 9.53 Å². The van der Waals surface area contributed by atoms with E-state index in [0.29, 0.717) is 7.28 Å². The Balaban J connectivity index is 3.30. The molecule has 0 radical (unpaired) electrons. The van der Waals surface area contributed by atoms with Crippen molar-refractivity contribution >= 4 is 26.8 Å². The highest BCUT2D eigenvalue weighted by Crippen LogP contribution is 1.79. The van der Waals surface area contributed by atoms with Crippen LogP contribution in [0.1, 0.15) is 6.92 Å². The molecule has 0 rings (SSSR count). The largest absolute Gasteiger partial charge is 0.459 e. The second-order valence-corrected chi connectivity index (χ2v) is 2.07. The maximum Gasteiger partial charge on any atom is 0.303 e. The first-order valence-corrected chi connectivity index (χ1v) is 3.32. The summed E-state index contributed by atoms with van der Waals surface area (Å²) in [4.78, 5) is 20.8. The molecule has 0 aromatic rings. The third kappa shape index (κ3) is 5.41. The number of hydrogen-bond acceptors (Lipinski definition) is 3. The van der Waals surface area contributed by atoms with Crippen LogP contribution in [-0.4, -0.2) is 33.4 Å². The van der Waals surface area contributed by atoms with Gasteiger partial charge in [-0.2, -0.15) is 0 Å². The monoisotopic (exact) mass is 140 g/mol. The fourth-order valence-electron chi connectivity index (χ4n) is 0.533. The molecule has 0 aromatic heterocycles. The molecule has 0 aliphatic rings. The minimum absolute atomic E-state index is 0.0160. The average molecular weight is 140 g/mol. The quantitative estimate of drug-likeness (QED) is 0.353. The molecule has 0 fully saturated rings. The fraction of sp³-hybridized carbons (Fsp3) is 0.600. The summed E-state index contributed by atoms with van der Waals surface area (Å²) in [6, 6.07) is 0. The van der Waals surface area contributed by atoms with Crippen molar-refractivity contribution in [3.05, 3.63) is 0 Å². The third-order valence-corrected chi connectivity index (χ3v) is 0.965. The molecule has 0 spiro atoms. The number of ether oxygens (including phenoxy) is 1. The van der Waals surface area contributed by atoms with Crippen molar-refractivity contribution in [3.63, 3.8) is 0 Å². The number of carbonyl (C=O) groups is 2. The van der Waals surface area contributed by atoms with Crippen LogP contribution in [0.2, 0.25) is 6.22 Å². The standard InChI is InChI=1S/C5H10B2O3/c1-4(8)10-2-5(9)7-3-6/h7H,2-3,6H2,1H3. The molecule has 3 nitrogen and oxygen atoms in total. The maximum atomic E-state index is 10.7. The van der Waals surface area contributed by atoms with Gasteiger partial charge in [0.05, 0.1) is 7.85 Å². The van der Waals surface area contributed by atoms with Crippen LogP contribution < -0.4 is 0 Å². The Morgan fingerprint density at radius 3 is 2.60 bits per heavy atom. The summed E-state index contributed by atoms with van der Waals surface area (Å²) < 4.78 is 4.47. The van der Waals surface area contributed by atoms with E-state index in [-0.39, 0.29) is 12.3 Å². The summed E-state index contributed by atoms with van der Waals surface area (Å²) in [7, 11) is 2.40. The van der Waals surface area contributed by atoms with Gasteiger partial charge in [-0.3, -0.25) is 4.79 Å². The smallest absolute Gasteiger partial charge is 0.303 e. The first kappa shape index (κ1) is 9.27. The molecule has 0 N–H and O–H groups in total. The highest BCUT2D eigenvalue weighted by Gasteiger charge is 2.02. The molecule has 0 saturated carbocycles. The lowest BCUT2D eigenvalue weighted by atomic mass is 9.63. The van der Waals surface area contributed by atoms with E-state index in [1.54, 1.807) is 0 Å². The number of carbonyl (C=O) groups excluding carboxylic acids is 2. The number of esters is 1. The van der Waals surface area contributed by atoms with Crippen LogP contribution in [0.4, 0.5) is 0 Å². The molecule has 0 heterocycles. The topological polar surface area (TPSA) is 43.4 Å². The Kier molecular flexibility index (Phi) is 4.71. The highest BCUT2D eigenvalue weighted by atomic mass is 16.5. The number of rotatable bonds is 4. The lowest BCUT2D eigenvalue weighted by Crippen LogP contribution is -2.17. The molecule has 0 unspecified atom stereocenters. The van der Waals surface area contributed by atoms with Crippen molar-refractivity contribution in [2.24, 2.45) is 0 Å². The summed E-state index contributed by atoms with van der Waals surface area (Å²) in [6.07, 6.45) is 0.806. The zero-order valence-electron chi connectivity index (χ0n) is 6.35. The Hall–Kier alpha value is -0.730. The first-order valence-electron chi connectivity index (χ1n) is 3.32. The van der Waals surface area contributed by atoms with Crippen molar-refractivity contribution in [2.45, 2.75) is 13.1 Å². The number of hydrogen-bond donors (Lipinski definition) is 0. The van der Waals surface area contributed by atoms with Crippen molar-refractivity contribution in [1.29, 1.82) is 0 Å². The van der Waals surface area contributed by atoms with E-state index in [0.717, 1.165) is 6.22 Å². The Morgan fingerprint density at radius 2 is 2.20 bits per heavy atom. The highest BCUT2D eigenvalue weighted by molar-refractivity contribution is 6.78. The lowest BCUT2D eigenvalue weighted by molar-refractivity contribution is -0.143. The normalized spacial score (nSPS) is 8.50. The van der Waals surface area contributed by atoms with Crippen molar-refractivity contribution in [2.75, 3.05) is 6.61 Å². The van der Waals surface area contributed by atoms with Crippen molar-refractivity contribution < 1.29 is 14.3 Å². The average Bonchev–Trinajstić information content (AvgIpc) is 1.85. The molecule has 0 atom stereocenters. The van der Waals surface area contributed by atoms with Crippen LogP contribution in [0.5, 0.6) is 0 Å². The predicted octanol–water partition coefficient (Wildman–Crippen LogP) is -1.48. The molecule has 0 aliphatic heterocycles. The van der Waals surface area contributed by atoms with Gasteiger partial charge in [0, 0.05) is 6.92 Å². The molecular weight excluding hydrogens is 130 g/mol. The van der Waals surface area contributed by atoms with Crippen LogP contribution in [-0.2, 0) is 14.3 Å². The zero-order chi connectivity index (χ0) is 7.98. The van der Waals surface area contributed by atoms with E-state index in [9.17, 15) is 9.59 Å². The molecule has 0 aliphatic carbocycles. The molecule has 0 bridgehead atoms. The van der Waals surface area contributed by atoms with Crippen LogP contribution >= 0.6 is 0 Å². The van der Waals surface area contributed by atoms with Gasteiger partial charge in [0.15, 0.2) is 0 Å². The van der Waals surface area contributed by atoms with E-state index in [1.807, 2.05) is 7.85 Å². The van der Waals surface area contributed by atoms with Gasteiger partial charge in [0.1, 0.15) is 12.3 Å². The van der Waals surface area contributed by atoms with E-state index < -0.39 is 5.97 Å². The first-order chi connectivity index (χ1) is 4.66. The summed E-state index contributed by atoms with van der Waals surface area (Å²) in [5, 5.41) is 0. The van der Waals surface area contributed by atoms with Gasteiger partial charge in [-0.25, -0.2) is 0 Å². The summed E-state index contributed by atoms with van der Waals surface area (Å²) in [5.41, 5.74) is -0.0160. The van der Waals surface area contributed by atoms with Gasteiger partial charge in [0.25, 0.3) is 0 Å².